The summed E-state index contributed by atoms with van der Waals surface area (Å²) < 4.78 is 27.1. The van der Waals surface area contributed by atoms with Crippen LogP contribution in [-0.2, 0) is 21.2 Å². The van der Waals surface area contributed by atoms with Crippen LogP contribution in [-0.4, -0.2) is 26.2 Å². The lowest BCUT2D eigenvalue weighted by atomic mass is 10.1. The predicted molar refractivity (Wildman–Crippen MR) is 101 cm³/mol. The van der Waals surface area contributed by atoms with Gasteiger partial charge < -0.3 is 5.32 Å². The van der Waals surface area contributed by atoms with Gasteiger partial charge in [-0.1, -0.05) is 24.3 Å². The maximum Gasteiger partial charge on any atom is 0.242 e. The number of hydrogen-bond acceptors (Lipinski definition) is 5. The summed E-state index contributed by atoms with van der Waals surface area (Å²) in [4.78, 5) is 23.5. The molecule has 0 saturated heterocycles. The third kappa shape index (κ3) is 5.48. The number of amides is 1. The molecule has 0 heterocycles. The molecule has 0 aliphatic carbocycles. The van der Waals surface area contributed by atoms with Crippen LogP contribution < -0.4 is 10.0 Å². The summed E-state index contributed by atoms with van der Waals surface area (Å²) in [5, 5.41) is 11.3. The molecule has 1 amide bonds. The number of carbonyl (C=O) groups is 2. The molecule has 0 saturated carbocycles. The zero-order valence-electron chi connectivity index (χ0n) is 14.9. The third-order valence-electron chi connectivity index (χ3n) is 3.80. The van der Waals surface area contributed by atoms with E-state index in [4.69, 9.17) is 5.26 Å². The summed E-state index contributed by atoms with van der Waals surface area (Å²) >= 11 is 0. The number of nitrogens with zero attached hydrogens (tertiary/aromatic N) is 1. The Morgan fingerprint density at radius 1 is 1.07 bits per heavy atom. The number of nitrogens with one attached hydrogen (secondary N) is 2. The van der Waals surface area contributed by atoms with E-state index in [0.29, 0.717) is 11.3 Å². The quantitative estimate of drug-likeness (QED) is 0.709. The van der Waals surface area contributed by atoms with Gasteiger partial charge in [0.2, 0.25) is 15.9 Å². The Morgan fingerprint density at radius 2 is 1.67 bits per heavy atom. The number of carbonyl (C=O) groups excluding carboxylic acids is 2. The number of sulfonamides is 1. The van der Waals surface area contributed by atoms with E-state index in [1.54, 1.807) is 24.3 Å². The van der Waals surface area contributed by atoms with Crippen LogP contribution in [0.3, 0.4) is 0 Å². The molecule has 1 atom stereocenters. The largest absolute Gasteiger partial charge is 0.325 e. The van der Waals surface area contributed by atoms with Crippen molar-refractivity contribution in [1.29, 1.82) is 5.26 Å². The lowest BCUT2D eigenvalue weighted by Crippen LogP contribution is -2.41. The molecule has 0 aliphatic rings. The Kier molecular flexibility index (Phi) is 6.45. The topological polar surface area (TPSA) is 116 Å². The zero-order chi connectivity index (χ0) is 20.0. The van der Waals surface area contributed by atoms with Crippen molar-refractivity contribution >= 4 is 27.4 Å². The maximum atomic E-state index is 12.4. The summed E-state index contributed by atoms with van der Waals surface area (Å²) in [6.07, 6.45) is 0.271. The first-order valence-corrected chi connectivity index (χ1v) is 9.61. The predicted octanol–water partition coefficient (Wildman–Crippen LogP) is 2.26. The Balaban J connectivity index is 2.03. The van der Waals surface area contributed by atoms with Gasteiger partial charge in [-0.2, -0.15) is 9.98 Å². The van der Waals surface area contributed by atoms with E-state index in [1.165, 1.54) is 38.1 Å². The van der Waals surface area contributed by atoms with E-state index >= 15 is 0 Å². The van der Waals surface area contributed by atoms with Gasteiger partial charge in [0.25, 0.3) is 0 Å². The lowest BCUT2D eigenvalue weighted by molar-refractivity contribution is -0.117. The van der Waals surface area contributed by atoms with Crippen molar-refractivity contribution in [1.82, 2.24) is 4.72 Å². The number of ketones is 1. The van der Waals surface area contributed by atoms with Gasteiger partial charge in [0, 0.05) is 11.3 Å². The molecule has 0 aromatic heterocycles. The molecular weight excluding hydrogens is 366 g/mol. The van der Waals surface area contributed by atoms with E-state index in [1.807, 2.05) is 6.07 Å². The Bertz CT molecular complexity index is 975. The summed E-state index contributed by atoms with van der Waals surface area (Å²) in [6, 6.07) is 13.2. The first-order chi connectivity index (χ1) is 12.7. The van der Waals surface area contributed by atoms with Crippen molar-refractivity contribution in [3.63, 3.8) is 0 Å². The highest BCUT2D eigenvalue weighted by atomic mass is 32.2. The van der Waals surface area contributed by atoms with E-state index < -0.39 is 22.0 Å². The normalized spacial score (nSPS) is 12.0. The van der Waals surface area contributed by atoms with Crippen molar-refractivity contribution in [2.75, 3.05) is 5.32 Å². The second kappa shape index (κ2) is 8.58. The lowest BCUT2D eigenvalue weighted by Gasteiger charge is -2.15. The van der Waals surface area contributed by atoms with Gasteiger partial charge >= 0.3 is 0 Å². The highest BCUT2D eigenvalue weighted by Gasteiger charge is 2.22. The van der Waals surface area contributed by atoms with Crippen LogP contribution in [0.2, 0.25) is 0 Å². The number of Topliss-reactive ketones (excluding diaryl/α,β-unsaturated/α-hetero) is 1. The van der Waals surface area contributed by atoms with Gasteiger partial charge in [0.1, 0.15) is 0 Å². The minimum Gasteiger partial charge on any atom is -0.325 e. The van der Waals surface area contributed by atoms with E-state index in [0.717, 1.165) is 5.56 Å². The number of benzene rings is 2. The summed E-state index contributed by atoms with van der Waals surface area (Å²) in [6.45, 7) is 2.82. The van der Waals surface area contributed by atoms with Crippen LogP contribution in [0.25, 0.3) is 0 Å². The Labute approximate surface area is 158 Å². The molecule has 0 spiro atoms. The number of rotatable bonds is 7. The Morgan fingerprint density at radius 3 is 2.19 bits per heavy atom. The standard InChI is InChI=1S/C19H19N3O4S/c1-13(19(24)21-17-7-3-15(4-8-17)11-12-20)22-27(25,26)18-9-5-16(6-10-18)14(2)23/h3-10,13,22H,11H2,1-2H3,(H,21,24)/t13-/m0/s1. The fourth-order valence-corrected chi connectivity index (χ4v) is 3.47. The van der Waals surface area contributed by atoms with E-state index in [2.05, 4.69) is 10.0 Å². The number of hydrogen-bond donors (Lipinski definition) is 2. The van der Waals surface area contributed by atoms with Crippen molar-refractivity contribution in [2.45, 2.75) is 31.2 Å². The molecule has 2 N–H and O–H groups in total. The maximum absolute atomic E-state index is 12.4. The molecule has 2 aromatic rings. The minimum absolute atomic E-state index is 0.0343. The van der Waals surface area contributed by atoms with Crippen LogP contribution in [0.4, 0.5) is 5.69 Å². The van der Waals surface area contributed by atoms with Crippen molar-refractivity contribution in [3.8, 4) is 6.07 Å². The molecular formula is C19H19N3O4S. The van der Waals surface area contributed by atoms with Crippen LogP contribution in [0.5, 0.6) is 0 Å². The smallest absolute Gasteiger partial charge is 0.242 e. The zero-order valence-corrected chi connectivity index (χ0v) is 15.7. The van der Waals surface area contributed by atoms with Crippen molar-refractivity contribution in [3.05, 3.63) is 59.7 Å². The van der Waals surface area contributed by atoms with Crippen LogP contribution in [0.15, 0.2) is 53.4 Å². The van der Waals surface area contributed by atoms with Crippen LogP contribution >= 0.6 is 0 Å². The summed E-state index contributed by atoms with van der Waals surface area (Å²) in [5.41, 5.74) is 1.72. The summed E-state index contributed by atoms with van der Waals surface area (Å²) in [5.74, 6) is -0.688. The molecule has 2 rings (SSSR count). The van der Waals surface area contributed by atoms with Gasteiger partial charge in [-0.15, -0.1) is 0 Å². The fourth-order valence-electron chi connectivity index (χ4n) is 2.27. The average Bonchev–Trinajstić information content (AvgIpc) is 2.63. The van der Waals surface area contributed by atoms with Gasteiger partial charge in [-0.25, -0.2) is 8.42 Å². The molecule has 2 aromatic carbocycles. The Hall–Kier alpha value is -3.02. The molecule has 27 heavy (non-hydrogen) atoms. The summed E-state index contributed by atoms with van der Waals surface area (Å²) in [7, 11) is -3.91. The molecule has 7 nitrogen and oxygen atoms in total. The van der Waals surface area contributed by atoms with Crippen LogP contribution in [0, 0.1) is 11.3 Å². The molecule has 0 aliphatic heterocycles. The SMILES string of the molecule is CC(=O)c1ccc(S(=O)(=O)N[C@@H](C)C(=O)Nc2ccc(CC#N)cc2)cc1. The number of anilines is 1. The second-order valence-electron chi connectivity index (χ2n) is 5.94. The van der Waals surface area contributed by atoms with Crippen LogP contribution in [0.1, 0.15) is 29.8 Å². The number of nitriles is 1. The monoisotopic (exact) mass is 385 g/mol. The molecule has 0 radical (unpaired) electrons. The fraction of sp³-hybridized carbons (Fsp3) is 0.211. The second-order valence-corrected chi connectivity index (χ2v) is 7.66. The third-order valence-corrected chi connectivity index (χ3v) is 5.36. The highest BCUT2D eigenvalue weighted by Crippen LogP contribution is 2.13. The van der Waals surface area contributed by atoms with Gasteiger partial charge in [-0.05, 0) is 43.7 Å². The molecule has 0 bridgehead atoms. The van der Waals surface area contributed by atoms with E-state index in [-0.39, 0.29) is 17.1 Å². The molecule has 8 heteroatoms. The van der Waals surface area contributed by atoms with E-state index in [9.17, 15) is 18.0 Å². The molecule has 140 valence electrons. The van der Waals surface area contributed by atoms with Gasteiger partial charge in [0.05, 0.1) is 23.4 Å². The first-order valence-electron chi connectivity index (χ1n) is 8.13. The molecule has 0 unspecified atom stereocenters. The van der Waals surface area contributed by atoms with Gasteiger partial charge in [0.15, 0.2) is 5.78 Å². The van der Waals surface area contributed by atoms with Crippen molar-refractivity contribution in [2.24, 2.45) is 0 Å². The minimum atomic E-state index is -3.91. The first kappa shape index (κ1) is 20.3. The highest BCUT2D eigenvalue weighted by molar-refractivity contribution is 7.89. The molecule has 0 fully saturated rings. The van der Waals surface area contributed by atoms with Gasteiger partial charge in [-0.3, -0.25) is 9.59 Å². The average molecular weight is 385 g/mol. The van der Waals surface area contributed by atoms with Crippen molar-refractivity contribution < 1.29 is 18.0 Å².